The first kappa shape index (κ1) is 13.6. The molecule has 8 nitrogen and oxygen atoms in total. The van der Waals surface area contributed by atoms with Crippen LogP contribution in [0.15, 0.2) is 12.3 Å². The molecule has 96 valence electrons. The fraction of sp³-hybridized carbons (Fsp3) is 0.300. The van der Waals surface area contributed by atoms with Crippen LogP contribution in [0, 0.1) is 17.0 Å². The number of carbonyl (C=O) groups excluding carboxylic acids is 1. The molecule has 0 fully saturated rings. The highest BCUT2D eigenvalue weighted by atomic mass is 16.6. The Morgan fingerprint density at radius 3 is 2.67 bits per heavy atom. The molecule has 1 aromatic heterocycles. The molecule has 2 N–H and O–H groups in total. The monoisotopic (exact) mass is 253 g/mol. The van der Waals surface area contributed by atoms with E-state index in [0.29, 0.717) is 5.56 Å². The summed E-state index contributed by atoms with van der Waals surface area (Å²) in [5.74, 6) is -1.38. The number of carboxylic acids is 1. The van der Waals surface area contributed by atoms with Gasteiger partial charge in [-0.25, -0.2) is 4.98 Å². The van der Waals surface area contributed by atoms with E-state index in [1.807, 2.05) is 0 Å². The van der Waals surface area contributed by atoms with E-state index in [2.05, 4.69) is 10.3 Å². The number of carbonyl (C=O) groups is 2. The molecule has 0 atom stereocenters. The van der Waals surface area contributed by atoms with Crippen molar-refractivity contribution in [3.8, 4) is 0 Å². The molecule has 0 aliphatic rings. The first-order valence-corrected chi connectivity index (χ1v) is 5.03. The van der Waals surface area contributed by atoms with Gasteiger partial charge in [0.25, 0.3) is 5.69 Å². The van der Waals surface area contributed by atoms with Crippen molar-refractivity contribution in [3.05, 3.63) is 27.9 Å². The lowest BCUT2D eigenvalue weighted by Gasteiger charge is -2.06. The number of pyridine rings is 1. The van der Waals surface area contributed by atoms with Gasteiger partial charge in [0.05, 0.1) is 11.3 Å². The van der Waals surface area contributed by atoms with Crippen molar-refractivity contribution in [2.75, 3.05) is 5.32 Å². The summed E-state index contributed by atoms with van der Waals surface area (Å²) in [5, 5.41) is 21.3. The van der Waals surface area contributed by atoms with E-state index in [1.54, 1.807) is 6.92 Å². The number of nitrogens with one attached hydrogen (secondary N) is 1. The van der Waals surface area contributed by atoms with Crippen LogP contribution >= 0.6 is 0 Å². The second-order valence-corrected chi connectivity index (χ2v) is 3.56. The predicted molar refractivity (Wildman–Crippen MR) is 61.1 cm³/mol. The SMILES string of the molecule is Cc1cc([N+](=O)[O-])cnc1NC(=O)CCC(=O)O. The van der Waals surface area contributed by atoms with E-state index in [4.69, 9.17) is 5.11 Å². The maximum Gasteiger partial charge on any atom is 0.303 e. The molecule has 0 aromatic carbocycles. The van der Waals surface area contributed by atoms with Crippen molar-refractivity contribution in [1.82, 2.24) is 4.98 Å². The Hall–Kier alpha value is -2.51. The van der Waals surface area contributed by atoms with Crippen LogP contribution in [0.25, 0.3) is 0 Å². The lowest BCUT2D eigenvalue weighted by Crippen LogP contribution is -2.15. The summed E-state index contributed by atoms with van der Waals surface area (Å²) in [5.41, 5.74) is 0.268. The Morgan fingerprint density at radius 1 is 1.50 bits per heavy atom. The van der Waals surface area contributed by atoms with Crippen molar-refractivity contribution in [1.29, 1.82) is 0 Å². The fourth-order valence-electron chi connectivity index (χ4n) is 1.21. The van der Waals surface area contributed by atoms with Gasteiger partial charge in [0.2, 0.25) is 5.91 Å². The summed E-state index contributed by atoms with van der Waals surface area (Å²) in [6.45, 7) is 1.56. The molecule has 0 bridgehead atoms. The smallest absolute Gasteiger partial charge is 0.303 e. The minimum absolute atomic E-state index is 0.170. The molecule has 0 saturated heterocycles. The second-order valence-electron chi connectivity index (χ2n) is 3.56. The highest BCUT2D eigenvalue weighted by Gasteiger charge is 2.12. The summed E-state index contributed by atoms with van der Waals surface area (Å²) >= 11 is 0. The minimum Gasteiger partial charge on any atom is -0.481 e. The van der Waals surface area contributed by atoms with E-state index in [-0.39, 0.29) is 24.3 Å². The number of carboxylic acid groups (broad SMARTS) is 1. The summed E-state index contributed by atoms with van der Waals surface area (Å²) in [6.07, 6.45) is 0.575. The van der Waals surface area contributed by atoms with Crippen LogP contribution in [0.1, 0.15) is 18.4 Å². The minimum atomic E-state index is -1.07. The van der Waals surface area contributed by atoms with Crippen molar-refractivity contribution < 1.29 is 19.6 Å². The van der Waals surface area contributed by atoms with Gasteiger partial charge in [-0.15, -0.1) is 0 Å². The van der Waals surface area contributed by atoms with Crippen LogP contribution in [0.3, 0.4) is 0 Å². The fourth-order valence-corrected chi connectivity index (χ4v) is 1.21. The average molecular weight is 253 g/mol. The normalized spacial score (nSPS) is 9.83. The van der Waals surface area contributed by atoms with Crippen LogP contribution in [0.5, 0.6) is 0 Å². The number of amides is 1. The largest absolute Gasteiger partial charge is 0.481 e. The van der Waals surface area contributed by atoms with Gasteiger partial charge in [-0.3, -0.25) is 19.7 Å². The highest BCUT2D eigenvalue weighted by Crippen LogP contribution is 2.18. The zero-order valence-corrected chi connectivity index (χ0v) is 9.54. The van der Waals surface area contributed by atoms with Crippen LogP contribution < -0.4 is 5.32 Å². The first-order valence-electron chi connectivity index (χ1n) is 5.03. The molecule has 1 rings (SSSR count). The number of aryl methyl sites for hydroxylation is 1. The lowest BCUT2D eigenvalue weighted by atomic mass is 10.2. The average Bonchev–Trinajstić information content (AvgIpc) is 2.29. The third-order valence-corrected chi connectivity index (χ3v) is 2.10. The standard InChI is InChI=1S/C10H11N3O5/c1-6-4-7(13(17)18)5-11-10(6)12-8(14)2-3-9(15)16/h4-5H,2-3H2,1H3,(H,15,16)(H,11,12,14). The Morgan fingerprint density at radius 2 is 2.17 bits per heavy atom. The number of hydrogen-bond donors (Lipinski definition) is 2. The van der Waals surface area contributed by atoms with Crippen molar-refractivity contribution in [2.45, 2.75) is 19.8 Å². The predicted octanol–water partition coefficient (Wildman–Crippen LogP) is 1.10. The zero-order chi connectivity index (χ0) is 13.7. The molecule has 0 aliphatic heterocycles. The Balaban J connectivity index is 2.70. The zero-order valence-electron chi connectivity index (χ0n) is 9.54. The molecule has 0 spiro atoms. The molecule has 1 aromatic rings. The van der Waals surface area contributed by atoms with E-state index < -0.39 is 16.8 Å². The second kappa shape index (κ2) is 5.71. The van der Waals surface area contributed by atoms with E-state index in [1.165, 1.54) is 6.07 Å². The molecule has 18 heavy (non-hydrogen) atoms. The number of aliphatic carboxylic acids is 1. The summed E-state index contributed by atoms with van der Waals surface area (Å²) < 4.78 is 0. The molecule has 0 radical (unpaired) electrons. The quantitative estimate of drug-likeness (QED) is 0.598. The maximum atomic E-state index is 11.3. The van der Waals surface area contributed by atoms with Gasteiger partial charge >= 0.3 is 5.97 Å². The number of anilines is 1. The first-order chi connectivity index (χ1) is 8.40. The van der Waals surface area contributed by atoms with Crippen molar-refractivity contribution in [3.63, 3.8) is 0 Å². The summed E-state index contributed by atoms with van der Waals surface area (Å²) in [4.78, 5) is 35.2. The van der Waals surface area contributed by atoms with E-state index in [0.717, 1.165) is 6.20 Å². The third kappa shape index (κ3) is 3.81. The Bertz CT molecular complexity index is 500. The number of hydrogen-bond acceptors (Lipinski definition) is 5. The van der Waals surface area contributed by atoms with Gasteiger partial charge in [-0.05, 0) is 12.5 Å². The molecule has 1 amide bonds. The number of nitrogens with zero attached hydrogens (tertiary/aromatic N) is 2. The molecule has 1 heterocycles. The van der Waals surface area contributed by atoms with Gasteiger partial charge in [0, 0.05) is 12.5 Å². The van der Waals surface area contributed by atoms with Gasteiger partial charge in [-0.1, -0.05) is 0 Å². The summed E-state index contributed by atoms with van der Waals surface area (Å²) in [7, 11) is 0. The van der Waals surface area contributed by atoms with Crippen LogP contribution in [0.2, 0.25) is 0 Å². The van der Waals surface area contributed by atoms with Crippen LogP contribution in [-0.2, 0) is 9.59 Å². The molecule has 0 unspecified atom stereocenters. The molecule has 0 aliphatic carbocycles. The van der Waals surface area contributed by atoms with Crippen molar-refractivity contribution >= 4 is 23.4 Å². The third-order valence-electron chi connectivity index (χ3n) is 2.10. The maximum absolute atomic E-state index is 11.3. The van der Waals surface area contributed by atoms with Gasteiger partial charge in [0.1, 0.15) is 12.0 Å². The van der Waals surface area contributed by atoms with Gasteiger partial charge < -0.3 is 10.4 Å². The Labute approximate surface area is 102 Å². The van der Waals surface area contributed by atoms with Gasteiger partial charge in [-0.2, -0.15) is 0 Å². The Kier molecular flexibility index (Phi) is 4.30. The number of nitro groups is 1. The topological polar surface area (TPSA) is 122 Å². The van der Waals surface area contributed by atoms with E-state index >= 15 is 0 Å². The number of aromatic nitrogens is 1. The molecule has 8 heteroatoms. The molecular formula is C10H11N3O5. The van der Waals surface area contributed by atoms with Crippen LogP contribution in [0.4, 0.5) is 11.5 Å². The van der Waals surface area contributed by atoms with Crippen molar-refractivity contribution in [2.24, 2.45) is 0 Å². The van der Waals surface area contributed by atoms with Gasteiger partial charge in [0.15, 0.2) is 0 Å². The highest BCUT2D eigenvalue weighted by molar-refractivity contribution is 5.92. The number of rotatable bonds is 5. The lowest BCUT2D eigenvalue weighted by molar-refractivity contribution is -0.385. The summed E-state index contributed by atoms with van der Waals surface area (Å²) in [6, 6.07) is 1.28. The molecule has 0 saturated carbocycles. The van der Waals surface area contributed by atoms with E-state index in [9.17, 15) is 19.7 Å². The molecular weight excluding hydrogens is 242 g/mol. The van der Waals surface area contributed by atoms with Crippen LogP contribution in [-0.4, -0.2) is 26.9 Å².